The third-order valence-electron chi connectivity index (χ3n) is 5.70. The van der Waals surface area contributed by atoms with Crippen LogP contribution in [0.15, 0.2) is 89.8 Å². The summed E-state index contributed by atoms with van der Waals surface area (Å²) in [7, 11) is 0. The average molecular weight is 491 g/mol. The summed E-state index contributed by atoms with van der Waals surface area (Å²) >= 11 is 1.74. The second kappa shape index (κ2) is 13.0. The molecule has 1 saturated heterocycles. The molecule has 6 nitrogen and oxygen atoms in total. The van der Waals surface area contributed by atoms with Gasteiger partial charge in [0.1, 0.15) is 12.1 Å². The zero-order valence-corrected chi connectivity index (χ0v) is 20.3. The van der Waals surface area contributed by atoms with Gasteiger partial charge >= 0.3 is 6.09 Å². The number of nitrogens with one attached hydrogen (secondary N) is 2. The van der Waals surface area contributed by atoms with E-state index < -0.39 is 12.1 Å². The van der Waals surface area contributed by atoms with Gasteiger partial charge < -0.3 is 20.1 Å². The maximum Gasteiger partial charge on any atom is 0.408 e. The Labute approximate surface area is 210 Å². The van der Waals surface area contributed by atoms with Crippen LogP contribution in [-0.2, 0) is 26.4 Å². The van der Waals surface area contributed by atoms with Crippen LogP contribution in [0.3, 0.4) is 0 Å². The normalized spacial score (nSPS) is 14.6. The van der Waals surface area contributed by atoms with Crippen molar-refractivity contribution in [1.29, 1.82) is 0 Å². The summed E-state index contributed by atoms with van der Waals surface area (Å²) in [5, 5.41) is 5.70. The van der Waals surface area contributed by atoms with E-state index in [0.29, 0.717) is 38.2 Å². The minimum Gasteiger partial charge on any atom is -0.446 e. The monoisotopic (exact) mass is 490 g/mol. The quantitative estimate of drug-likeness (QED) is 0.391. The lowest BCUT2D eigenvalue weighted by Gasteiger charge is -2.24. The number of amides is 2. The van der Waals surface area contributed by atoms with Gasteiger partial charge in [-0.3, -0.25) is 4.79 Å². The molecule has 1 atom stereocenters. The van der Waals surface area contributed by atoms with Gasteiger partial charge in [-0.25, -0.2) is 4.79 Å². The molecule has 4 rings (SSSR count). The smallest absolute Gasteiger partial charge is 0.408 e. The number of anilines is 1. The Morgan fingerprint density at radius 3 is 2.17 bits per heavy atom. The predicted molar refractivity (Wildman–Crippen MR) is 138 cm³/mol. The van der Waals surface area contributed by atoms with E-state index in [0.717, 1.165) is 16.2 Å². The van der Waals surface area contributed by atoms with Gasteiger partial charge in [0.05, 0.1) is 13.2 Å². The summed E-state index contributed by atoms with van der Waals surface area (Å²) in [5.41, 5.74) is 2.89. The minimum atomic E-state index is -0.767. The summed E-state index contributed by atoms with van der Waals surface area (Å²) in [6.07, 6.45) is 0.918. The van der Waals surface area contributed by atoms with E-state index in [1.54, 1.807) is 11.8 Å². The number of alkyl carbamates (subject to hydrolysis) is 1. The van der Waals surface area contributed by atoms with Crippen LogP contribution >= 0.6 is 11.8 Å². The molecule has 0 aromatic heterocycles. The second-order valence-corrected chi connectivity index (χ2v) is 9.44. The van der Waals surface area contributed by atoms with Crippen LogP contribution in [0.2, 0.25) is 0 Å². The van der Waals surface area contributed by atoms with Gasteiger partial charge in [-0.2, -0.15) is 0 Å². The molecule has 182 valence electrons. The van der Waals surface area contributed by atoms with E-state index in [9.17, 15) is 9.59 Å². The predicted octanol–water partition coefficient (Wildman–Crippen LogP) is 5.43. The molecule has 0 aliphatic carbocycles. The molecule has 1 heterocycles. The Morgan fingerprint density at radius 2 is 1.51 bits per heavy atom. The highest BCUT2D eigenvalue weighted by Crippen LogP contribution is 2.24. The first-order chi connectivity index (χ1) is 17.2. The SMILES string of the molecule is O=C(NC(Cc1ccccc1)C(=O)Nc1ccc(SCc2ccccc2)cc1)OC1CCOCC1. The van der Waals surface area contributed by atoms with E-state index in [1.807, 2.05) is 72.8 Å². The van der Waals surface area contributed by atoms with Crippen molar-refractivity contribution in [2.45, 2.75) is 42.1 Å². The van der Waals surface area contributed by atoms with Crippen LogP contribution < -0.4 is 10.6 Å². The van der Waals surface area contributed by atoms with E-state index >= 15 is 0 Å². The van der Waals surface area contributed by atoms with Crippen LogP contribution in [0.4, 0.5) is 10.5 Å². The lowest BCUT2D eigenvalue weighted by molar-refractivity contribution is -0.118. The molecule has 3 aromatic rings. The van der Waals surface area contributed by atoms with Crippen molar-refractivity contribution in [2.75, 3.05) is 18.5 Å². The molecule has 0 spiro atoms. The van der Waals surface area contributed by atoms with E-state index in [2.05, 4.69) is 22.8 Å². The van der Waals surface area contributed by atoms with Gasteiger partial charge in [0, 0.05) is 35.6 Å². The molecular formula is C28H30N2O4S. The number of carbonyl (C=O) groups excluding carboxylic acids is 2. The van der Waals surface area contributed by atoms with Crippen LogP contribution in [0.25, 0.3) is 0 Å². The van der Waals surface area contributed by atoms with Gasteiger partial charge in [-0.15, -0.1) is 11.8 Å². The van der Waals surface area contributed by atoms with Crippen molar-refractivity contribution in [3.63, 3.8) is 0 Å². The first kappa shape index (κ1) is 24.8. The molecule has 1 aliphatic rings. The molecule has 0 saturated carbocycles. The van der Waals surface area contributed by atoms with Gasteiger partial charge in [0.2, 0.25) is 5.91 Å². The fourth-order valence-electron chi connectivity index (χ4n) is 3.79. The minimum absolute atomic E-state index is 0.190. The zero-order valence-electron chi connectivity index (χ0n) is 19.5. The van der Waals surface area contributed by atoms with Crippen LogP contribution in [0.5, 0.6) is 0 Å². The molecule has 2 amide bonds. The molecule has 3 aromatic carbocycles. The van der Waals surface area contributed by atoms with Crippen molar-refractivity contribution in [2.24, 2.45) is 0 Å². The number of hydrogen-bond acceptors (Lipinski definition) is 5. The number of carbonyl (C=O) groups is 2. The Morgan fingerprint density at radius 1 is 0.886 bits per heavy atom. The van der Waals surface area contributed by atoms with Crippen molar-refractivity contribution in [3.8, 4) is 0 Å². The first-order valence-electron chi connectivity index (χ1n) is 11.8. The standard InChI is InChI=1S/C28H30N2O4S/c31-27(29-23-11-13-25(14-12-23)35-20-22-9-5-2-6-10-22)26(19-21-7-3-1-4-8-21)30-28(32)34-24-15-17-33-18-16-24/h1-14,24,26H,15-20H2,(H,29,31)(H,30,32). The summed E-state index contributed by atoms with van der Waals surface area (Å²) in [4.78, 5) is 26.8. The highest BCUT2D eigenvalue weighted by atomic mass is 32.2. The van der Waals surface area contributed by atoms with Crippen LogP contribution in [-0.4, -0.2) is 37.4 Å². The molecule has 2 N–H and O–H groups in total. The zero-order chi connectivity index (χ0) is 24.3. The van der Waals surface area contributed by atoms with Crippen molar-refractivity contribution >= 4 is 29.4 Å². The molecule has 1 unspecified atom stereocenters. The van der Waals surface area contributed by atoms with Crippen molar-refractivity contribution in [1.82, 2.24) is 5.32 Å². The lowest BCUT2D eigenvalue weighted by Crippen LogP contribution is -2.46. The van der Waals surface area contributed by atoms with Gasteiger partial charge in [0.15, 0.2) is 0 Å². The topological polar surface area (TPSA) is 76.7 Å². The molecule has 1 fully saturated rings. The third-order valence-corrected chi connectivity index (χ3v) is 6.79. The maximum absolute atomic E-state index is 13.1. The van der Waals surface area contributed by atoms with Crippen LogP contribution in [0, 0.1) is 0 Å². The fraction of sp³-hybridized carbons (Fsp3) is 0.286. The Bertz CT molecular complexity index is 1070. The van der Waals surface area contributed by atoms with E-state index in [-0.39, 0.29) is 12.0 Å². The van der Waals surface area contributed by atoms with Gasteiger partial charge in [0.25, 0.3) is 0 Å². The highest BCUT2D eigenvalue weighted by Gasteiger charge is 2.25. The Hall–Kier alpha value is -3.29. The first-order valence-corrected chi connectivity index (χ1v) is 12.8. The van der Waals surface area contributed by atoms with E-state index in [4.69, 9.17) is 9.47 Å². The molecule has 7 heteroatoms. The average Bonchev–Trinajstić information content (AvgIpc) is 2.89. The summed E-state index contributed by atoms with van der Waals surface area (Å²) in [6, 6.07) is 26.9. The summed E-state index contributed by atoms with van der Waals surface area (Å²) < 4.78 is 10.8. The third kappa shape index (κ3) is 8.16. The summed E-state index contributed by atoms with van der Waals surface area (Å²) in [5.74, 6) is 0.590. The number of benzene rings is 3. The lowest BCUT2D eigenvalue weighted by atomic mass is 10.1. The Kier molecular flexibility index (Phi) is 9.20. The number of hydrogen-bond donors (Lipinski definition) is 2. The number of thioether (sulfide) groups is 1. The highest BCUT2D eigenvalue weighted by molar-refractivity contribution is 7.98. The molecule has 35 heavy (non-hydrogen) atoms. The van der Waals surface area contributed by atoms with Gasteiger partial charge in [-0.05, 0) is 35.4 Å². The maximum atomic E-state index is 13.1. The molecule has 0 radical (unpaired) electrons. The van der Waals surface area contributed by atoms with Gasteiger partial charge in [-0.1, -0.05) is 60.7 Å². The Balaban J connectivity index is 1.35. The van der Waals surface area contributed by atoms with E-state index in [1.165, 1.54) is 5.56 Å². The summed E-state index contributed by atoms with van der Waals surface area (Å²) in [6.45, 7) is 1.15. The fourth-order valence-corrected chi connectivity index (χ4v) is 4.64. The molecular weight excluding hydrogens is 460 g/mol. The van der Waals surface area contributed by atoms with Crippen molar-refractivity contribution in [3.05, 3.63) is 96.1 Å². The number of rotatable bonds is 9. The second-order valence-electron chi connectivity index (χ2n) is 8.39. The van der Waals surface area contributed by atoms with Crippen LogP contribution in [0.1, 0.15) is 24.0 Å². The molecule has 1 aliphatic heterocycles. The largest absolute Gasteiger partial charge is 0.446 e. The number of ether oxygens (including phenoxy) is 2. The van der Waals surface area contributed by atoms with Crippen molar-refractivity contribution < 1.29 is 19.1 Å². The molecule has 0 bridgehead atoms.